The molecule has 1 saturated heterocycles. The summed E-state index contributed by atoms with van der Waals surface area (Å²) in [4.78, 5) is 65.9. The molecule has 5 atom stereocenters. The molecular weight excluding hydrogens is 502 g/mol. The summed E-state index contributed by atoms with van der Waals surface area (Å²) in [5.74, 6) is -3.65. The SMILES string of the molecule is C=CCCCC(NC(=O)[C@@H]1[C@@H]2C(CN1C(=O)[C@@H](NC(=O)OC(C)(C)C)C1CCCCC1)C2(C)C)C(=O)C(=O)O. The minimum absolute atomic E-state index is 0.0762. The molecule has 0 spiro atoms. The number of allylic oxidation sites excluding steroid dienone is 1. The normalized spacial score (nSPS) is 25.6. The zero-order valence-electron chi connectivity index (χ0n) is 24.0. The average Bonchev–Trinajstić information content (AvgIpc) is 3.17. The number of fused-ring (bicyclic) bond motifs is 1. The van der Waals surface area contributed by atoms with Crippen LogP contribution in [0.5, 0.6) is 0 Å². The van der Waals surface area contributed by atoms with Crippen LogP contribution in [0.4, 0.5) is 4.79 Å². The van der Waals surface area contributed by atoms with Crippen molar-refractivity contribution in [3.05, 3.63) is 12.7 Å². The Hall–Kier alpha value is -2.91. The van der Waals surface area contributed by atoms with Crippen molar-refractivity contribution in [1.82, 2.24) is 15.5 Å². The van der Waals surface area contributed by atoms with Gasteiger partial charge in [0.2, 0.25) is 11.8 Å². The van der Waals surface area contributed by atoms with Crippen LogP contribution in [0.2, 0.25) is 0 Å². The van der Waals surface area contributed by atoms with E-state index in [1.54, 1.807) is 31.7 Å². The number of Topliss-reactive ketones (excluding diaryl/α,β-unsaturated/α-hetero) is 1. The molecule has 0 radical (unpaired) electrons. The Morgan fingerprint density at radius 2 is 1.74 bits per heavy atom. The second-order valence-electron chi connectivity index (χ2n) is 12.9. The fourth-order valence-corrected chi connectivity index (χ4v) is 6.42. The molecule has 3 amide bonds. The number of carboxylic acids is 1. The number of rotatable bonds is 11. The van der Waals surface area contributed by atoms with Gasteiger partial charge in [-0.3, -0.25) is 14.4 Å². The molecule has 39 heavy (non-hydrogen) atoms. The highest BCUT2D eigenvalue weighted by molar-refractivity contribution is 6.35. The Labute approximate surface area is 231 Å². The van der Waals surface area contributed by atoms with E-state index in [-0.39, 0.29) is 35.5 Å². The van der Waals surface area contributed by atoms with Crippen molar-refractivity contribution in [3.63, 3.8) is 0 Å². The van der Waals surface area contributed by atoms with Crippen LogP contribution in [0.25, 0.3) is 0 Å². The third-order valence-electron chi connectivity index (χ3n) is 8.56. The maximum absolute atomic E-state index is 14.1. The molecule has 0 aromatic rings. The van der Waals surface area contributed by atoms with Gasteiger partial charge in [0, 0.05) is 6.54 Å². The number of ketones is 1. The van der Waals surface area contributed by atoms with Gasteiger partial charge in [0.25, 0.3) is 5.78 Å². The smallest absolute Gasteiger partial charge is 0.408 e. The Morgan fingerprint density at radius 3 is 2.31 bits per heavy atom. The Bertz CT molecular complexity index is 980. The standard InChI is InChI=1S/C29H45N3O7/c1-7-8-10-15-19(23(33)26(36)37)30-24(34)22-20-18(29(20,5)6)16-32(22)25(35)21(17-13-11-9-12-14-17)31-27(38)39-28(2,3)4/h7,17-22H,1,8-16H2,2-6H3,(H,30,34)(H,31,38)(H,36,37)/t18?,19?,20-,21-,22-/m0/s1. The number of ether oxygens (including phenoxy) is 1. The van der Waals surface area contributed by atoms with E-state index < -0.39 is 47.5 Å². The predicted octanol–water partition coefficient (Wildman–Crippen LogP) is 3.44. The number of nitrogens with zero attached hydrogens (tertiary/aromatic N) is 1. The maximum Gasteiger partial charge on any atom is 0.408 e. The lowest BCUT2D eigenvalue weighted by atomic mass is 9.83. The van der Waals surface area contributed by atoms with E-state index in [0.29, 0.717) is 19.4 Å². The molecule has 3 aliphatic rings. The zero-order valence-corrected chi connectivity index (χ0v) is 24.0. The number of alkyl carbamates (subject to hydrolysis) is 1. The summed E-state index contributed by atoms with van der Waals surface area (Å²) >= 11 is 0. The van der Waals surface area contributed by atoms with Crippen LogP contribution in [0, 0.1) is 23.2 Å². The molecule has 3 N–H and O–H groups in total. The molecule has 3 fully saturated rings. The maximum atomic E-state index is 14.1. The number of unbranched alkanes of at least 4 members (excludes halogenated alkanes) is 1. The van der Waals surface area contributed by atoms with Gasteiger partial charge in [0.15, 0.2) is 0 Å². The lowest BCUT2D eigenvalue weighted by Crippen LogP contribution is -2.59. The average molecular weight is 548 g/mol. The number of likely N-dealkylation sites (tertiary alicyclic amines) is 1. The van der Waals surface area contributed by atoms with Gasteiger partial charge >= 0.3 is 12.1 Å². The first kappa shape index (κ1) is 30.6. The molecule has 0 bridgehead atoms. The number of hydrogen-bond acceptors (Lipinski definition) is 6. The van der Waals surface area contributed by atoms with Gasteiger partial charge in [-0.25, -0.2) is 9.59 Å². The van der Waals surface area contributed by atoms with Crippen LogP contribution < -0.4 is 10.6 Å². The Balaban J connectivity index is 1.84. The molecule has 0 aromatic carbocycles. The zero-order chi connectivity index (χ0) is 29.1. The van der Waals surface area contributed by atoms with Crippen molar-refractivity contribution in [2.75, 3.05) is 6.54 Å². The molecule has 0 aromatic heterocycles. The first-order chi connectivity index (χ1) is 18.2. The van der Waals surface area contributed by atoms with Gasteiger partial charge in [0.1, 0.15) is 17.7 Å². The van der Waals surface area contributed by atoms with Gasteiger partial charge in [-0.05, 0) is 76.0 Å². The van der Waals surface area contributed by atoms with Crippen molar-refractivity contribution in [2.45, 2.75) is 110 Å². The van der Waals surface area contributed by atoms with Crippen molar-refractivity contribution in [3.8, 4) is 0 Å². The monoisotopic (exact) mass is 547 g/mol. The summed E-state index contributed by atoms with van der Waals surface area (Å²) in [6.45, 7) is 13.4. The molecular formula is C29H45N3O7. The van der Waals surface area contributed by atoms with Crippen molar-refractivity contribution in [2.24, 2.45) is 23.2 Å². The third-order valence-corrected chi connectivity index (χ3v) is 8.56. The first-order valence-electron chi connectivity index (χ1n) is 14.2. The van der Waals surface area contributed by atoms with Crippen LogP contribution in [-0.4, -0.2) is 69.9 Å². The number of carbonyl (C=O) groups excluding carboxylic acids is 4. The number of aliphatic carboxylic acids is 1. The molecule has 1 heterocycles. The van der Waals surface area contributed by atoms with Gasteiger partial charge in [0.05, 0.1) is 6.04 Å². The molecule has 1 aliphatic heterocycles. The summed E-state index contributed by atoms with van der Waals surface area (Å²) in [5, 5.41) is 14.8. The van der Waals surface area contributed by atoms with E-state index in [4.69, 9.17) is 4.74 Å². The van der Waals surface area contributed by atoms with E-state index in [1.807, 2.05) is 13.8 Å². The second-order valence-corrected chi connectivity index (χ2v) is 12.9. The number of hydrogen-bond donors (Lipinski definition) is 3. The molecule has 10 nitrogen and oxygen atoms in total. The summed E-state index contributed by atoms with van der Waals surface area (Å²) < 4.78 is 5.46. The summed E-state index contributed by atoms with van der Waals surface area (Å²) in [6, 6.07) is -2.88. The molecule has 3 rings (SSSR count). The number of piperidine rings is 1. The highest BCUT2D eigenvalue weighted by Gasteiger charge is 2.69. The number of carbonyl (C=O) groups is 5. The van der Waals surface area contributed by atoms with Gasteiger partial charge < -0.3 is 25.4 Å². The first-order valence-corrected chi connectivity index (χ1v) is 14.2. The van der Waals surface area contributed by atoms with Crippen LogP contribution in [-0.2, 0) is 23.9 Å². The second kappa shape index (κ2) is 12.1. The number of amides is 3. The highest BCUT2D eigenvalue weighted by Crippen LogP contribution is 2.65. The van der Waals surface area contributed by atoms with Gasteiger partial charge in [-0.2, -0.15) is 0 Å². The molecule has 218 valence electrons. The van der Waals surface area contributed by atoms with Crippen molar-refractivity contribution < 1.29 is 33.8 Å². The minimum atomic E-state index is -1.61. The third kappa shape index (κ3) is 7.19. The van der Waals surface area contributed by atoms with Crippen LogP contribution in [0.3, 0.4) is 0 Å². The lowest BCUT2D eigenvalue weighted by Gasteiger charge is -2.37. The van der Waals surface area contributed by atoms with Crippen LogP contribution in [0.15, 0.2) is 12.7 Å². The summed E-state index contributed by atoms with van der Waals surface area (Å²) in [7, 11) is 0. The van der Waals surface area contributed by atoms with E-state index in [2.05, 4.69) is 17.2 Å². The van der Waals surface area contributed by atoms with E-state index in [0.717, 1.165) is 32.1 Å². The summed E-state index contributed by atoms with van der Waals surface area (Å²) in [5.41, 5.74) is -0.907. The van der Waals surface area contributed by atoms with E-state index >= 15 is 0 Å². The fraction of sp³-hybridized carbons (Fsp3) is 0.759. The summed E-state index contributed by atoms with van der Waals surface area (Å²) in [6.07, 6.45) is 6.77. The molecule has 2 aliphatic carbocycles. The highest BCUT2D eigenvalue weighted by atomic mass is 16.6. The lowest BCUT2D eigenvalue weighted by molar-refractivity contribution is -0.151. The van der Waals surface area contributed by atoms with Crippen molar-refractivity contribution >= 4 is 29.7 Å². The quantitative estimate of drug-likeness (QED) is 0.204. The van der Waals surface area contributed by atoms with Gasteiger partial charge in [-0.1, -0.05) is 39.2 Å². The number of carboxylic acid groups (broad SMARTS) is 1. The minimum Gasteiger partial charge on any atom is -0.475 e. The van der Waals surface area contributed by atoms with E-state index in [9.17, 15) is 29.1 Å². The predicted molar refractivity (Wildman–Crippen MR) is 145 cm³/mol. The fourth-order valence-electron chi connectivity index (χ4n) is 6.42. The molecule has 2 unspecified atom stereocenters. The van der Waals surface area contributed by atoms with Crippen LogP contribution in [0.1, 0.15) is 86.0 Å². The molecule has 10 heteroatoms. The number of nitrogens with one attached hydrogen (secondary N) is 2. The Morgan fingerprint density at radius 1 is 1.10 bits per heavy atom. The largest absolute Gasteiger partial charge is 0.475 e. The van der Waals surface area contributed by atoms with Gasteiger partial charge in [-0.15, -0.1) is 6.58 Å². The van der Waals surface area contributed by atoms with Crippen LogP contribution >= 0.6 is 0 Å². The van der Waals surface area contributed by atoms with Crippen molar-refractivity contribution in [1.29, 1.82) is 0 Å². The van der Waals surface area contributed by atoms with E-state index in [1.165, 1.54) is 0 Å². The topological polar surface area (TPSA) is 142 Å². The molecule has 2 saturated carbocycles. The Kier molecular flexibility index (Phi) is 9.49.